The second kappa shape index (κ2) is 8.21. The number of benzene rings is 1. The summed E-state index contributed by atoms with van der Waals surface area (Å²) in [4.78, 5) is 13.8. The van der Waals surface area contributed by atoms with Gasteiger partial charge in [-0.3, -0.25) is 0 Å². The molecule has 3 heterocycles. The minimum absolute atomic E-state index is 0.228. The molecule has 0 spiro atoms. The lowest BCUT2D eigenvalue weighted by Crippen LogP contribution is -2.48. The monoisotopic (exact) mass is 403 g/mol. The van der Waals surface area contributed by atoms with Gasteiger partial charge in [0.25, 0.3) is 0 Å². The van der Waals surface area contributed by atoms with E-state index < -0.39 is 0 Å². The maximum atomic E-state index is 11.8. The van der Waals surface area contributed by atoms with Crippen LogP contribution in [0.2, 0.25) is 0 Å². The molecule has 156 valence electrons. The molecular formula is C18H25N7O4. The SMILES string of the molecule is CCNC(=O)N[C@@H]1CO[C@@H]2[C@@H]1OC[C@@H]2n1nnnc1Oc1cccc(N(C)C)c1. The molecule has 11 nitrogen and oxygen atoms in total. The van der Waals surface area contributed by atoms with E-state index in [1.807, 2.05) is 50.2 Å². The van der Waals surface area contributed by atoms with Gasteiger partial charge in [0.15, 0.2) is 0 Å². The van der Waals surface area contributed by atoms with Gasteiger partial charge < -0.3 is 29.7 Å². The highest BCUT2D eigenvalue weighted by molar-refractivity contribution is 5.74. The number of hydrogen-bond donors (Lipinski definition) is 2. The van der Waals surface area contributed by atoms with Crippen LogP contribution >= 0.6 is 0 Å². The van der Waals surface area contributed by atoms with Crippen LogP contribution in [0.25, 0.3) is 0 Å². The van der Waals surface area contributed by atoms with Crippen molar-refractivity contribution in [1.29, 1.82) is 0 Å². The number of ether oxygens (including phenoxy) is 3. The Morgan fingerprint density at radius 3 is 2.93 bits per heavy atom. The van der Waals surface area contributed by atoms with Gasteiger partial charge in [0.05, 0.1) is 19.3 Å². The number of rotatable bonds is 6. The van der Waals surface area contributed by atoms with Crippen LogP contribution in [0.4, 0.5) is 10.5 Å². The summed E-state index contributed by atoms with van der Waals surface area (Å²) >= 11 is 0. The first-order valence-corrected chi connectivity index (χ1v) is 9.57. The average Bonchev–Trinajstić information content (AvgIpc) is 3.40. The number of fused-ring (bicyclic) bond motifs is 1. The average molecular weight is 403 g/mol. The molecule has 1 aromatic carbocycles. The highest BCUT2D eigenvalue weighted by Gasteiger charge is 2.50. The Balaban J connectivity index is 1.47. The lowest BCUT2D eigenvalue weighted by Gasteiger charge is -2.18. The molecular weight excluding hydrogens is 378 g/mol. The Labute approximate surface area is 168 Å². The second-order valence-electron chi connectivity index (χ2n) is 7.17. The molecule has 0 bridgehead atoms. The van der Waals surface area contributed by atoms with E-state index in [0.29, 0.717) is 25.5 Å². The fourth-order valence-electron chi connectivity index (χ4n) is 3.58. The van der Waals surface area contributed by atoms with Crippen LogP contribution in [0.15, 0.2) is 24.3 Å². The molecule has 2 aliphatic rings. The number of nitrogens with zero attached hydrogens (tertiary/aromatic N) is 5. The summed E-state index contributed by atoms with van der Waals surface area (Å²) in [5.41, 5.74) is 1.00. The predicted molar refractivity (Wildman–Crippen MR) is 103 cm³/mol. The van der Waals surface area contributed by atoms with E-state index in [4.69, 9.17) is 14.2 Å². The van der Waals surface area contributed by atoms with Crippen LogP contribution < -0.4 is 20.3 Å². The number of amides is 2. The van der Waals surface area contributed by atoms with E-state index in [-0.39, 0.29) is 36.3 Å². The molecule has 0 radical (unpaired) electrons. The van der Waals surface area contributed by atoms with Crippen molar-refractivity contribution in [2.45, 2.75) is 31.2 Å². The fraction of sp³-hybridized carbons (Fsp3) is 0.556. The molecule has 2 aliphatic heterocycles. The van der Waals surface area contributed by atoms with Gasteiger partial charge in [-0.2, -0.15) is 4.68 Å². The molecule has 2 saturated heterocycles. The predicted octanol–water partition coefficient (Wildman–Crippen LogP) is 0.558. The van der Waals surface area contributed by atoms with E-state index in [1.54, 1.807) is 4.68 Å². The summed E-state index contributed by atoms with van der Waals surface area (Å²) in [5, 5.41) is 17.5. The molecule has 2 aromatic rings. The van der Waals surface area contributed by atoms with Crippen molar-refractivity contribution in [3.8, 4) is 11.8 Å². The summed E-state index contributed by atoms with van der Waals surface area (Å²) in [6, 6.07) is 7.20. The standard InChI is InChI=1S/C18H25N7O4/c1-4-19-17(26)20-13-9-27-16-14(10-28-15(13)16)25-18(21-22-23-25)29-12-7-5-6-11(8-12)24(2)3/h5-8,13-16H,4,9-10H2,1-3H3,(H2,19,20,26)/t13-,14+,15-,16+/m1/s1. The van der Waals surface area contributed by atoms with Crippen LogP contribution in [0.5, 0.6) is 11.8 Å². The Kier molecular flexibility index (Phi) is 5.49. The smallest absolute Gasteiger partial charge is 0.341 e. The van der Waals surface area contributed by atoms with E-state index in [0.717, 1.165) is 5.69 Å². The van der Waals surface area contributed by atoms with Gasteiger partial charge in [-0.15, -0.1) is 0 Å². The van der Waals surface area contributed by atoms with Crippen molar-refractivity contribution in [2.24, 2.45) is 0 Å². The first kappa shape index (κ1) is 19.4. The van der Waals surface area contributed by atoms with E-state index in [9.17, 15) is 4.79 Å². The quantitative estimate of drug-likeness (QED) is 0.719. The van der Waals surface area contributed by atoms with Crippen LogP contribution in [-0.4, -0.2) is 78.3 Å². The largest absolute Gasteiger partial charge is 0.423 e. The summed E-state index contributed by atoms with van der Waals surface area (Å²) in [6.45, 7) is 3.15. The number of carbonyl (C=O) groups is 1. The summed E-state index contributed by atoms with van der Waals surface area (Å²) in [6.07, 6.45) is -0.544. The molecule has 0 aliphatic carbocycles. The summed E-state index contributed by atoms with van der Waals surface area (Å²) < 4.78 is 19.3. The molecule has 29 heavy (non-hydrogen) atoms. The first-order chi connectivity index (χ1) is 14.1. The van der Waals surface area contributed by atoms with Crippen molar-refractivity contribution in [2.75, 3.05) is 38.8 Å². The van der Waals surface area contributed by atoms with Crippen LogP contribution in [0.3, 0.4) is 0 Å². The normalized spacial score (nSPS) is 25.5. The van der Waals surface area contributed by atoms with Gasteiger partial charge in [-0.1, -0.05) is 11.2 Å². The molecule has 2 N–H and O–H groups in total. The highest BCUT2D eigenvalue weighted by atomic mass is 16.6. The highest BCUT2D eigenvalue weighted by Crippen LogP contribution is 2.36. The Morgan fingerprint density at radius 1 is 1.31 bits per heavy atom. The number of urea groups is 1. The number of aromatic nitrogens is 4. The van der Waals surface area contributed by atoms with Crippen molar-refractivity contribution in [3.05, 3.63) is 24.3 Å². The molecule has 1 aromatic heterocycles. The third-order valence-electron chi connectivity index (χ3n) is 5.00. The van der Waals surface area contributed by atoms with E-state index >= 15 is 0 Å². The third-order valence-corrected chi connectivity index (χ3v) is 5.00. The zero-order valence-electron chi connectivity index (χ0n) is 16.6. The van der Waals surface area contributed by atoms with Gasteiger partial charge in [0.1, 0.15) is 24.0 Å². The Hall–Kier alpha value is -2.92. The number of hydrogen-bond acceptors (Lipinski definition) is 8. The Bertz CT molecular complexity index is 858. The van der Waals surface area contributed by atoms with Gasteiger partial charge in [-0.05, 0) is 29.5 Å². The maximum absolute atomic E-state index is 11.8. The minimum Gasteiger partial charge on any atom is -0.423 e. The lowest BCUT2D eigenvalue weighted by atomic mass is 10.1. The molecule has 2 fully saturated rings. The molecule has 4 rings (SSSR count). The summed E-state index contributed by atoms with van der Waals surface area (Å²) in [7, 11) is 3.92. The number of nitrogens with one attached hydrogen (secondary N) is 2. The van der Waals surface area contributed by atoms with Crippen LogP contribution in [0.1, 0.15) is 13.0 Å². The van der Waals surface area contributed by atoms with Gasteiger partial charge in [0, 0.05) is 32.4 Å². The molecule has 0 saturated carbocycles. The van der Waals surface area contributed by atoms with Crippen molar-refractivity contribution < 1.29 is 19.0 Å². The molecule has 4 atom stereocenters. The van der Waals surface area contributed by atoms with Crippen molar-refractivity contribution in [1.82, 2.24) is 30.8 Å². The number of carbonyl (C=O) groups excluding carboxylic acids is 1. The maximum Gasteiger partial charge on any atom is 0.341 e. The second-order valence-corrected chi connectivity index (χ2v) is 7.17. The Morgan fingerprint density at radius 2 is 2.14 bits per heavy atom. The first-order valence-electron chi connectivity index (χ1n) is 9.57. The molecule has 2 amide bonds. The zero-order chi connectivity index (χ0) is 20.4. The van der Waals surface area contributed by atoms with Crippen LogP contribution in [-0.2, 0) is 9.47 Å². The lowest BCUT2D eigenvalue weighted by molar-refractivity contribution is 0.0613. The zero-order valence-corrected chi connectivity index (χ0v) is 16.6. The number of anilines is 1. The van der Waals surface area contributed by atoms with Gasteiger partial charge in [0.2, 0.25) is 0 Å². The van der Waals surface area contributed by atoms with Gasteiger partial charge in [-0.25, -0.2) is 4.79 Å². The van der Waals surface area contributed by atoms with Crippen LogP contribution in [0, 0.1) is 0 Å². The molecule has 11 heteroatoms. The van der Waals surface area contributed by atoms with Gasteiger partial charge >= 0.3 is 12.0 Å². The van der Waals surface area contributed by atoms with Crippen molar-refractivity contribution >= 4 is 11.7 Å². The topological polar surface area (TPSA) is 116 Å². The van der Waals surface area contributed by atoms with E-state index in [2.05, 4.69) is 26.2 Å². The number of tetrazole rings is 1. The fourth-order valence-corrected chi connectivity index (χ4v) is 3.58. The minimum atomic E-state index is -0.277. The molecule has 0 unspecified atom stereocenters. The third kappa shape index (κ3) is 3.96. The summed E-state index contributed by atoms with van der Waals surface area (Å²) in [5.74, 6) is 0.630. The van der Waals surface area contributed by atoms with Crippen molar-refractivity contribution in [3.63, 3.8) is 0 Å². The van der Waals surface area contributed by atoms with E-state index in [1.165, 1.54) is 0 Å².